The van der Waals surface area contributed by atoms with Crippen LogP contribution in [0.4, 0.5) is 0 Å². The van der Waals surface area contributed by atoms with Gasteiger partial charge in [0.05, 0.1) is 0 Å². The van der Waals surface area contributed by atoms with E-state index in [1.807, 2.05) is 0 Å². The molecule has 12 heavy (non-hydrogen) atoms. The summed E-state index contributed by atoms with van der Waals surface area (Å²) in [6, 6.07) is 0.733. The van der Waals surface area contributed by atoms with Crippen molar-refractivity contribution in [1.29, 1.82) is 0 Å². The highest BCUT2D eigenvalue weighted by Gasteiger charge is 2.64. The maximum atomic E-state index is 3.64. The Morgan fingerprint density at radius 2 is 1.58 bits per heavy atom. The van der Waals surface area contributed by atoms with Crippen LogP contribution in [0.5, 0.6) is 0 Å². The van der Waals surface area contributed by atoms with Crippen LogP contribution >= 0.6 is 0 Å². The standard InChI is InChI=1S/C11H23N/c1-6-7-8-12-9-10(2,3)11(9,4)5/h9,12H,6-8H2,1-5H3. The third-order valence-electron chi connectivity index (χ3n) is 3.90. The van der Waals surface area contributed by atoms with Crippen LogP contribution in [0.2, 0.25) is 0 Å². The van der Waals surface area contributed by atoms with Gasteiger partial charge in [0.15, 0.2) is 0 Å². The highest BCUT2D eigenvalue weighted by molar-refractivity contribution is 5.17. The average Bonchev–Trinajstić information content (AvgIpc) is 2.32. The summed E-state index contributed by atoms with van der Waals surface area (Å²) in [5.41, 5.74) is 1.00. The van der Waals surface area contributed by atoms with Gasteiger partial charge < -0.3 is 5.32 Å². The molecule has 0 aliphatic heterocycles. The normalized spacial score (nSPS) is 25.8. The van der Waals surface area contributed by atoms with Crippen molar-refractivity contribution >= 4 is 0 Å². The molecule has 0 saturated heterocycles. The molecule has 0 aromatic carbocycles. The number of hydrogen-bond donors (Lipinski definition) is 1. The fraction of sp³-hybridized carbons (Fsp3) is 1.00. The minimum atomic E-state index is 0.501. The molecule has 0 unspecified atom stereocenters. The largest absolute Gasteiger partial charge is 0.313 e. The first-order valence-electron chi connectivity index (χ1n) is 5.18. The topological polar surface area (TPSA) is 12.0 Å². The molecular formula is C11H23N. The monoisotopic (exact) mass is 169 g/mol. The summed E-state index contributed by atoms with van der Waals surface area (Å²) in [4.78, 5) is 0. The summed E-state index contributed by atoms with van der Waals surface area (Å²) in [5.74, 6) is 0. The Morgan fingerprint density at radius 1 is 1.08 bits per heavy atom. The van der Waals surface area contributed by atoms with Crippen LogP contribution < -0.4 is 5.32 Å². The second-order valence-corrected chi connectivity index (χ2v) is 5.18. The molecule has 0 aromatic heterocycles. The molecule has 0 aromatic rings. The maximum absolute atomic E-state index is 3.64. The molecule has 1 fully saturated rings. The van der Waals surface area contributed by atoms with Crippen molar-refractivity contribution in [2.24, 2.45) is 10.8 Å². The van der Waals surface area contributed by atoms with E-state index in [1.165, 1.54) is 19.4 Å². The lowest BCUT2D eigenvalue weighted by molar-refractivity contribution is 0.457. The van der Waals surface area contributed by atoms with Crippen LogP contribution in [0, 0.1) is 10.8 Å². The number of unbranched alkanes of at least 4 members (excludes halogenated alkanes) is 1. The highest BCUT2D eigenvalue weighted by atomic mass is 15.0. The number of hydrogen-bond acceptors (Lipinski definition) is 1. The average molecular weight is 169 g/mol. The smallest absolute Gasteiger partial charge is 0.0181 e. The molecule has 1 rings (SSSR count). The van der Waals surface area contributed by atoms with E-state index in [0.29, 0.717) is 10.8 Å². The zero-order valence-electron chi connectivity index (χ0n) is 9.20. The number of rotatable bonds is 4. The van der Waals surface area contributed by atoms with Crippen molar-refractivity contribution < 1.29 is 0 Å². The van der Waals surface area contributed by atoms with Crippen molar-refractivity contribution in [2.75, 3.05) is 6.54 Å². The van der Waals surface area contributed by atoms with Crippen molar-refractivity contribution in [1.82, 2.24) is 5.32 Å². The van der Waals surface area contributed by atoms with E-state index in [2.05, 4.69) is 39.9 Å². The maximum Gasteiger partial charge on any atom is 0.0181 e. The summed E-state index contributed by atoms with van der Waals surface area (Å²) < 4.78 is 0. The Balaban J connectivity index is 2.29. The molecule has 1 saturated carbocycles. The molecule has 0 amide bonds. The van der Waals surface area contributed by atoms with E-state index in [9.17, 15) is 0 Å². The zero-order valence-corrected chi connectivity index (χ0v) is 9.20. The minimum absolute atomic E-state index is 0.501. The van der Waals surface area contributed by atoms with E-state index in [1.54, 1.807) is 0 Å². The summed E-state index contributed by atoms with van der Waals surface area (Å²) in [5, 5.41) is 3.64. The predicted octanol–water partition coefficient (Wildman–Crippen LogP) is 2.81. The van der Waals surface area contributed by atoms with E-state index in [0.717, 1.165) is 6.04 Å². The third-order valence-corrected chi connectivity index (χ3v) is 3.90. The summed E-state index contributed by atoms with van der Waals surface area (Å²) in [6.07, 6.45) is 2.60. The molecule has 0 heterocycles. The van der Waals surface area contributed by atoms with Gasteiger partial charge in [-0.15, -0.1) is 0 Å². The van der Waals surface area contributed by atoms with Gasteiger partial charge >= 0.3 is 0 Å². The molecule has 0 bridgehead atoms. The molecular weight excluding hydrogens is 146 g/mol. The van der Waals surface area contributed by atoms with E-state index in [-0.39, 0.29) is 0 Å². The molecule has 1 aliphatic rings. The Kier molecular flexibility index (Phi) is 2.53. The molecule has 1 aliphatic carbocycles. The molecule has 0 spiro atoms. The molecule has 1 nitrogen and oxygen atoms in total. The Labute approximate surface area is 76.9 Å². The molecule has 0 atom stereocenters. The molecule has 72 valence electrons. The SMILES string of the molecule is CCCCNC1C(C)(C)C1(C)C. The summed E-state index contributed by atoms with van der Waals surface area (Å²) in [6.45, 7) is 12.9. The van der Waals surface area contributed by atoms with Gasteiger partial charge in [0, 0.05) is 6.04 Å². The summed E-state index contributed by atoms with van der Waals surface area (Å²) >= 11 is 0. The van der Waals surface area contributed by atoms with Crippen LogP contribution in [-0.4, -0.2) is 12.6 Å². The first kappa shape index (κ1) is 10.0. The molecule has 1 heteroatoms. The van der Waals surface area contributed by atoms with Crippen molar-refractivity contribution in [3.05, 3.63) is 0 Å². The second kappa shape index (κ2) is 3.02. The van der Waals surface area contributed by atoms with E-state index < -0.39 is 0 Å². The molecule has 1 N–H and O–H groups in total. The Hall–Kier alpha value is -0.0400. The van der Waals surface area contributed by atoms with Crippen LogP contribution in [0.3, 0.4) is 0 Å². The van der Waals surface area contributed by atoms with Crippen molar-refractivity contribution in [3.8, 4) is 0 Å². The second-order valence-electron chi connectivity index (χ2n) is 5.18. The van der Waals surface area contributed by atoms with Gasteiger partial charge in [-0.2, -0.15) is 0 Å². The Morgan fingerprint density at radius 3 is 1.92 bits per heavy atom. The van der Waals surface area contributed by atoms with Gasteiger partial charge in [0.1, 0.15) is 0 Å². The fourth-order valence-electron chi connectivity index (χ4n) is 2.13. The first-order chi connectivity index (χ1) is 5.44. The first-order valence-corrected chi connectivity index (χ1v) is 5.18. The quantitative estimate of drug-likeness (QED) is 0.638. The van der Waals surface area contributed by atoms with Crippen LogP contribution in [-0.2, 0) is 0 Å². The van der Waals surface area contributed by atoms with Gasteiger partial charge in [-0.05, 0) is 23.8 Å². The number of nitrogens with one attached hydrogen (secondary N) is 1. The lowest BCUT2D eigenvalue weighted by Gasteiger charge is -2.04. The van der Waals surface area contributed by atoms with Crippen LogP contribution in [0.15, 0.2) is 0 Å². The lowest BCUT2D eigenvalue weighted by Crippen LogP contribution is -2.23. The van der Waals surface area contributed by atoms with Gasteiger partial charge in [0.25, 0.3) is 0 Å². The lowest BCUT2D eigenvalue weighted by atomic mass is 10.0. The van der Waals surface area contributed by atoms with Gasteiger partial charge in [-0.25, -0.2) is 0 Å². The Bertz CT molecular complexity index is 144. The minimum Gasteiger partial charge on any atom is -0.313 e. The molecule has 0 radical (unpaired) electrons. The summed E-state index contributed by atoms with van der Waals surface area (Å²) in [7, 11) is 0. The van der Waals surface area contributed by atoms with E-state index >= 15 is 0 Å². The predicted molar refractivity (Wildman–Crippen MR) is 54.3 cm³/mol. The van der Waals surface area contributed by atoms with Crippen LogP contribution in [0.25, 0.3) is 0 Å². The van der Waals surface area contributed by atoms with Gasteiger partial charge in [-0.1, -0.05) is 41.0 Å². The van der Waals surface area contributed by atoms with Crippen molar-refractivity contribution in [2.45, 2.75) is 53.5 Å². The van der Waals surface area contributed by atoms with Gasteiger partial charge in [0.2, 0.25) is 0 Å². The third kappa shape index (κ3) is 1.39. The van der Waals surface area contributed by atoms with Crippen molar-refractivity contribution in [3.63, 3.8) is 0 Å². The zero-order chi connectivity index (χ0) is 9.41. The van der Waals surface area contributed by atoms with Crippen LogP contribution in [0.1, 0.15) is 47.5 Å². The highest BCUT2D eigenvalue weighted by Crippen LogP contribution is 2.62. The van der Waals surface area contributed by atoms with E-state index in [4.69, 9.17) is 0 Å². The fourth-order valence-corrected chi connectivity index (χ4v) is 2.13. The van der Waals surface area contributed by atoms with Gasteiger partial charge in [-0.3, -0.25) is 0 Å².